The molecule has 0 heterocycles. The number of fused-ring (bicyclic) bond motifs is 1. The van der Waals surface area contributed by atoms with Crippen molar-refractivity contribution in [3.63, 3.8) is 0 Å². The molecule has 0 unspecified atom stereocenters. The summed E-state index contributed by atoms with van der Waals surface area (Å²) in [7, 11) is 0. The molecule has 3 aromatic carbocycles. The average Bonchev–Trinajstić information content (AvgIpc) is 2.77. The first kappa shape index (κ1) is 23.0. The summed E-state index contributed by atoms with van der Waals surface area (Å²) < 4.78 is 7.76. The van der Waals surface area contributed by atoms with Crippen LogP contribution >= 0.6 is 11.6 Å². The van der Waals surface area contributed by atoms with Gasteiger partial charge in [0.05, 0.1) is 0 Å². The van der Waals surface area contributed by atoms with Crippen LogP contribution in [0.2, 0.25) is 5.02 Å². The van der Waals surface area contributed by atoms with Crippen molar-refractivity contribution in [1.29, 1.82) is 0 Å². The Kier molecular flexibility index (Phi) is 6.73. The summed E-state index contributed by atoms with van der Waals surface area (Å²) in [4.78, 5) is 3.42. The van der Waals surface area contributed by atoms with Gasteiger partial charge in [0.1, 0.15) is 0 Å². The zero-order valence-electron chi connectivity index (χ0n) is 19.2. The predicted octanol–water partition coefficient (Wildman–Crippen LogP) is 6.61. The SMILES string of the molecule is CC1(C)CCC(C)(C)c2c(OCc3ccc(Cl)cc3)cc([Se]C#Cc3ccccc3)cc21. The third-order valence-electron chi connectivity index (χ3n) is 6.30. The van der Waals surface area contributed by atoms with E-state index in [0.29, 0.717) is 6.61 Å². The van der Waals surface area contributed by atoms with Crippen LogP contribution in [0.15, 0.2) is 66.7 Å². The van der Waals surface area contributed by atoms with Crippen molar-refractivity contribution in [2.45, 2.75) is 58.0 Å². The number of hydrogen-bond donors (Lipinski definition) is 0. The molecule has 3 aromatic rings. The molecule has 1 aliphatic rings. The second-order valence-electron chi connectivity index (χ2n) is 9.72. The van der Waals surface area contributed by atoms with Crippen LogP contribution in [-0.2, 0) is 17.4 Å². The van der Waals surface area contributed by atoms with Crippen LogP contribution in [0.5, 0.6) is 5.75 Å². The molecule has 164 valence electrons. The zero-order valence-corrected chi connectivity index (χ0v) is 21.6. The minimum atomic E-state index is 0.0565. The van der Waals surface area contributed by atoms with Crippen LogP contribution in [0.3, 0.4) is 0 Å². The van der Waals surface area contributed by atoms with Gasteiger partial charge in [-0.1, -0.05) is 0 Å². The fourth-order valence-electron chi connectivity index (χ4n) is 4.29. The van der Waals surface area contributed by atoms with E-state index in [1.54, 1.807) is 0 Å². The van der Waals surface area contributed by atoms with Gasteiger partial charge in [-0.2, -0.15) is 0 Å². The molecule has 0 saturated carbocycles. The van der Waals surface area contributed by atoms with Crippen molar-refractivity contribution in [1.82, 2.24) is 0 Å². The number of halogens is 1. The Labute approximate surface area is 203 Å². The Morgan fingerprint density at radius 2 is 1.59 bits per heavy atom. The van der Waals surface area contributed by atoms with Gasteiger partial charge in [-0.05, 0) is 0 Å². The quantitative estimate of drug-likeness (QED) is 0.285. The topological polar surface area (TPSA) is 9.23 Å². The van der Waals surface area contributed by atoms with Crippen molar-refractivity contribution < 1.29 is 4.74 Å². The molecule has 0 aromatic heterocycles. The maximum absolute atomic E-state index is 6.48. The van der Waals surface area contributed by atoms with Crippen LogP contribution < -0.4 is 9.20 Å². The average molecular weight is 508 g/mol. The normalized spacial score (nSPS) is 15.9. The van der Waals surface area contributed by atoms with Crippen LogP contribution in [0, 0.1) is 10.7 Å². The molecule has 0 aliphatic heterocycles. The number of hydrogen-bond acceptors (Lipinski definition) is 1. The summed E-state index contributed by atoms with van der Waals surface area (Å²) in [5, 5.41) is 0.746. The molecule has 32 heavy (non-hydrogen) atoms. The van der Waals surface area contributed by atoms with Crippen molar-refractivity contribution >= 4 is 31.0 Å². The Balaban J connectivity index is 1.70. The van der Waals surface area contributed by atoms with E-state index in [9.17, 15) is 0 Å². The van der Waals surface area contributed by atoms with Crippen molar-refractivity contribution in [3.05, 3.63) is 94.0 Å². The number of rotatable bonds is 4. The molecule has 1 nitrogen and oxygen atoms in total. The van der Waals surface area contributed by atoms with Crippen LogP contribution in [0.25, 0.3) is 0 Å². The van der Waals surface area contributed by atoms with E-state index in [4.69, 9.17) is 16.3 Å². The Bertz CT molecular complexity index is 1150. The molecule has 0 atom stereocenters. The molecule has 0 bridgehead atoms. The molecule has 0 radical (unpaired) electrons. The summed E-state index contributed by atoms with van der Waals surface area (Å²) in [6, 6.07) is 22.7. The van der Waals surface area contributed by atoms with Crippen molar-refractivity contribution in [2.75, 3.05) is 0 Å². The first-order valence-electron chi connectivity index (χ1n) is 11.0. The van der Waals surface area contributed by atoms with Crippen LogP contribution in [0.4, 0.5) is 0 Å². The monoisotopic (exact) mass is 508 g/mol. The summed E-state index contributed by atoms with van der Waals surface area (Å²) in [5.74, 6) is 4.33. The molecule has 0 saturated heterocycles. The fourth-order valence-corrected chi connectivity index (χ4v) is 5.73. The van der Waals surface area contributed by atoms with Crippen molar-refractivity contribution in [2.24, 2.45) is 0 Å². The zero-order chi connectivity index (χ0) is 22.8. The molecule has 0 N–H and O–H groups in total. The number of benzene rings is 3. The molecule has 1 aliphatic carbocycles. The van der Waals surface area contributed by atoms with E-state index >= 15 is 0 Å². The molecule has 4 rings (SSSR count). The van der Waals surface area contributed by atoms with E-state index in [-0.39, 0.29) is 25.8 Å². The first-order chi connectivity index (χ1) is 15.2. The van der Waals surface area contributed by atoms with Gasteiger partial charge in [-0.3, -0.25) is 0 Å². The van der Waals surface area contributed by atoms with Crippen LogP contribution in [0.1, 0.15) is 62.8 Å². The summed E-state index contributed by atoms with van der Waals surface area (Å²) in [6.07, 6.45) is 2.33. The second-order valence-corrected chi connectivity index (χ2v) is 12.0. The fraction of sp³-hybridized carbons (Fsp3) is 0.310. The summed E-state index contributed by atoms with van der Waals surface area (Å²) in [6.45, 7) is 9.94. The molecular formula is C29H29ClOSe. The maximum atomic E-state index is 6.48. The van der Waals surface area contributed by atoms with E-state index in [1.807, 2.05) is 42.5 Å². The molecule has 0 fully saturated rings. The Hall–Kier alpha value is -2.17. The van der Waals surface area contributed by atoms with Crippen LogP contribution in [-0.4, -0.2) is 15.0 Å². The van der Waals surface area contributed by atoms with E-state index in [0.717, 1.165) is 28.3 Å². The molecular weight excluding hydrogens is 479 g/mol. The van der Waals surface area contributed by atoms with E-state index in [2.05, 4.69) is 62.7 Å². The second kappa shape index (κ2) is 9.36. The van der Waals surface area contributed by atoms with Gasteiger partial charge in [-0.15, -0.1) is 0 Å². The predicted molar refractivity (Wildman–Crippen MR) is 136 cm³/mol. The molecule has 3 heteroatoms. The number of ether oxygens (including phenoxy) is 1. The molecule has 0 spiro atoms. The van der Waals surface area contributed by atoms with Gasteiger partial charge in [0.25, 0.3) is 0 Å². The van der Waals surface area contributed by atoms with Gasteiger partial charge in [0.2, 0.25) is 0 Å². The third-order valence-corrected chi connectivity index (χ3v) is 7.97. The van der Waals surface area contributed by atoms with E-state index < -0.39 is 0 Å². The van der Waals surface area contributed by atoms with Gasteiger partial charge in [0, 0.05) is 0 Å². The van der Waals surface area contributed by atoms with E-state index in [1.165, 1.54) is 22.0 Å². The van der Waals surface area contributed by atoms with Gasteiger partial charge in [-0.25, -0.2) is 0 Å². The Morgan fingerprint density at radius 3 is 2.31 bits per heavy atom. The molecule has 0 amide bonds. The summed E-state index contributed by atoms with van der Waals surface area (Å²) >= 11 is 6.11. The summed E-state index contributed by atoms with van der Waals surface area (Å²) in [5.41, 5.74) is 5.17. The third kappa shape index (κ3) is 5.24. The minimum absolute atomic E-state index is 0.0565. The standard InChI is InChI=1S/C29H29ClOSe/c1-28(2)15-16-29(3,4)27-25(28)18-24(32-17-14-21-8-6-5-7-9-21)19-26(27)31-20-22-10-12-23(30)13-11-22/h5-13,18-19H,15-16,20H2,1-4H3. The van der Waals surface area contributed by atoms with Gasteiger partial charge < -0.3 is 0 Å². The Morgan fingerprint density at radius 1 is 0.906 bits per heavy atom. The van der Waals surface area contributed by atoms with Crippen molar-refractivity contribution in [3.8, 4) is 16.5 Å². The first-order valence-corrected chi connectivity index (χ1v) is 13.1. The van der Waals surface area contributed by atoms with Gasteiger partial charge >= 0.3 is 204 Å². The van der Waals surface area contributed by atoms with Gasteiger partial charge in [0.15, 0.2) is 0 Å².